The smallest absolute Gasteiger partial charge is 0.351 e. The van der Waals surface area contributed by atoms with E-state index in [9.17, 15) is 22.8 Å². The molecule has 3 aromatic rings. The third-order valence-electron chi connectivity index (χ3n) is 4.02. The van der Waals surface area contributed by atoms with E-state index >= 15 is 0 Å². The standard InChI is InChI=1S/C19H16ClF3N4O2S/c1-11-8-16(25-17(28)4-6-24-18(29)12-5-7-30-10-12)27(26-11)15-9-13(19(21,22)23)2-3-14(15)20/h2-3,5,7-10H,4,6H2,1H3,(H,24,29)(H,25,28). The van der Waals surface area contributed by atoms with Crippen molar-refractivity contribution in [2.45, 2.75) is 19.5 Å². The van der Waals surface area contributed by atoms with Gasteiger partial charge < -0.3 is 10.6 Å². The summed E-state index contributed by atoms with van der Waals surface area (Å²) in [7, 11) is 0. The van der Waals surface area contributed by atoms with Gasteiger partial charge in [-0.25, -0.2) is 4.68 Å². The van der Waals surface area contributed by atoms with Gasteiger partial charge in [-0.2, -0.15) is 29.6 Å². The van der Waals surface area contributed by atoms with Gasteiger partial charge in [0.2, 0.25) is 5.91 Å². The molecule has 1 aromatic carbocycles. The van der Waals surface area contributed by atoms with E-state index in [1.165, 1.54) is 17.4 Å². The highest BCUT2D eigenvalue weighted by atomic mass is 35.5. The third kappa shape index (κ3) is 5.19. The molecular formula is C19H16ClF3N4O2S. The van der Waals surface area contributed by atoms with Crippen LogP contribution in [0.15, 0.2) is 41.1 Å². The van der Waals surface area contributed by atoms with E-state index in [2.05, 4.69) is 15.7 Å². The van der Waals surface area contributed by atoms with Gasteiger partial charge >= 0.3 is 6.18 Å². The van der Waals surface area contributed by atoms with Gasteiger partial charge in [0, 0.05) is 30.0 Å². The molecule has 30 heavy (non-hydrogen) atoms. The lowest BCUT2D eigenvalue weighted by Crippen LogP contribution is -2.27. The van der Waals surface area contributed by atoms with Gasteiger partial charge in [0.1, 0.15) is 5.82 Å². The summed E-state index contributed by atoms with van der Waals surface area (Å²) in [4.78, 5) is 24.2. The van der Waals surface area contributed by atoms with Crippen LogP contribution >= 0.6 is 22.9 Å². The lowest BCUT2D eigenvalue weighted by Gasteiger charge is -2.13. The van der Waals surface area contributed by atoms with Crippen molar-refractivity contribution >= 4 is 40.6 Å². The predicted octanol–water partition coefficient (Wildman–Crippen LogP) is 4.67. The summed E-state index contributed by atoms with van der Waals surface area (Å²) in [5, 5.41) is 12.9. The number of alkyl halides is 3. The van der Waals surface area contributed by atoms with E-state index in [1.54, 1.807) is 23.8 Å². The zero-order chi connectivity index (χ0) is 21.9. The molecule has 2 amide bonds. The Morgan fingerprint density at radius 3 is 2.67 bits per heavy atom. The van der Waals surface area contributed by atoms with Crippen LogP contribution in [0.2, 0.25) is 5.02 Å². The molecule has 11 heteroatoms. The Hall–Kier alpha value is -2.85. The van der Waals surface area contributed by atoms with Gasteiger partial charge in [-0.3, -0.25) is 9.59 Å². The number of nitrogens with one attached hydrogen (secondary N) is 2. The van der Waals surface area contributed by atoms with Crippen molar-refractivity contribution < 1.29 is 22.8 Å². The maximum atomic E-state index is 13.1. The molecule has 0 fully saturated rings. The van der Waals surface area contributed by atoms with Crippen LogP contribution in [0.5, 0.6) is 0 Å². The van der Waals surface area contributed by atoms with Crippen molar-refractivity contribution in [2.75, 3.05) is 11.9 Å². The summed E-state index contributed by atoms with van der Waals surface area (Å²) < 4.78 is 40.3. The Balaban J connectivity index is 1.71. The summed E-state index contributed by atoms with van der Waals surface area (Å²) in [6.45, 7) is 1.73. The SMILES string of the molecule is Cc1cc(NC(=O)CCNC(=O)c2ccsc2)n(-c2cc(C(F)(F)F)ccc2Cl)n1. The van der Waals surface area contributed by atoms with Gasteiger partial charge in [0.15, 0.2) is 0 Å². The fourth-order valence-electron chi connectivity index (χ4n) is 2.61. The fraction of sp³-hybridized carbons (Fsp3) is 0.211. The third-order valence-corrected chi connectivity index (χ3v) is 5.02. The molecule has 0 aliphatic carbocycles. The number of rotatable bonds is 6. The van der Waals surface area contributed by atoms with E-state index in [1.807, 2.05) is 0 Å². The highest BCUT2D eigenvalue weighted by Crippen LogP contribution is 2.34. The molecule has 0 saturated heterocycles. The number of amides is 2. The summed E-state index contributed by atoms with van der Waals surface area (Å²) in [6, 6.07) is 6.04. The highest BCUT2D eigenvalue weighted by Gasteiger charge is 2.31. The summed E-state index contributed by atoms with van der Waals surface area (Å²) in [5.41, 5.74) is 0.0851. The largest absolute Gasteiger partial charge is 0.416 e. The van der Waals surface area contributed by atoms with Crippen molar-refractivity contribution in [1.29, 1.82) is 0 Å². The topological polar surface area (TPSA) is 76.0 Å². The maximum Gasteiger partial charge on any atom is 0.416 e. The lowest BCUT2D eigenvalue weighted by atomic mass is 10.2. The minimum atomic E-state index is -4.55. The summed E-state index contributed by atoms with van der Waals surface area (Å²) in [6.07, 6.45) is -4.58. The van der Waals surface area contributed by atoms with E-state index in [0.29, 0.717) is 11.3 Å². The first-order chi connectivity index (χ1) is 14.1. The molecule has 2 heterocycles. The lowest BCUT2D eigenvalue weighted by molar-refractivity contribution is -0.137. The number of benzene rings is 1. The minimum absolute atomic E-state index is 0.0133. The van der Waals surface area contributed by atoms with Crippen molar-refractivity contribution in [1.82, 2.24) is 15.1 Å². The number of hydrogen-bond donors (Lipinski definition) is 2. The second kappa shape index (κ2) is 8.88. The van der Waals surface area contributed by atoms with Crippen molar-refractivity contribution in [3.05, 3.63) is 62.9 Å². The first-order valence-corrected chi connectivity index (χ1v) is 10.0. The molecule has 6 nitrogen and oxygen atoms in total. The zero-order valence-corrected chi connectivity index (χ0v) is 17.2. The van der Waals surface area contributed by atoms with Crippen LogP contribution < -0.4 is 10.6 Å². The Morgan fingerprint density at radius 2 is 2.00 bits per heavy atom. The van der Waals surface area contributed by atoms with Crippen LogP contribution in [-0.2, 0) is 11.0 Å². The average Bonchev–Trinajstić information content (AvgIpc) is 3.31. The van der Waals surface area contributed by atoms with E-state index in [4.69, 9.17) is 11.6 Å². The molecule has 0 radical (unpaired) electrons. The monoisotopic (exact) mass is 456 g/mol. The quantitative estimate of drug-likeness (QED) is 0.565. The molecule has 158 valence electrons. The van der Waals surface area contributed by atoms with Crippen LogP contribution in [0.1, 0.15) is 28.0 Å². The van der Waals surface area contributed by atoms with Crippen LogP contribution in [0.3, 0.4) is 0 Å². The number of carbonyl (C=O) groups excluding carboxylic acids is 2. The molecule has 2 aromatic heterocycles. The number of halogens is 4. The first-order valence-electron chi connectivity index (χ1n) is 8.69. The van der Waals surface area contributed by atoms with Gasteiger partial charge in [0.05, 0.1) is 22.0 Å². The van der Waals surface area contributed by atoms with E-state index < -0.39 is 17.6 Å². The molecule has 0 bridgehead atoms. The van der Waals surface area contributed by atoms with Crippen LogP contribution in [-0.4, -0.2) is 28.1 Å². The molecule has 0 spiro atoms. The van der Waals surface area contributed by atoms with Gasteiger partial charge in [0.25, 0.3) is 5.91 Å². The minimum Gasteiger partial charge on any atom is -0.351 e. The molecule has 0 aliphatic rings. The number of carbonyl (C=O) groups is 2. The van der Waals surface area contributed by atoms with Gasteiger partial charge in [-0.15, -0.1) is 0 Å². The van der Waals surface area contributed by atoms with Crippen molar-refractivity contribution in [2.24, 2.45) is 0 Å². The number of aromatic nitrogens is 2. The molecular weight excluding hydrogens is 441 g/mol. The molecule has 0 unspecified atom stereocenters. The number of hydrogen-bond acceptors (Lipinski definition) is 4. The van der Waals surface area contributed by atoms with Crippen molar-refractivity contribution in [3.8, 4) is 5.69 Å². The first kappa shape index (κ1) is 21.8. The number of anilines is 1. The second-order valence-corrected chi connectivity index (χ2v) is 7.50. The number of aryl methyl sites for hydroxylation is 1. The fourth-order valence-corrected chi connectivity index (χ4v) is 3.45. The Kier molecular flexibility index (Phi) is 6.47. The van der Waals surface area contributed by atoms with Gasteiger partial charge in [-0.1, -0.05) is 11.6 Å². The van der Waals surface area contributed by atoms with Crippen LogP contribution in [0, 0.1) is 6.92 Å². The maximum absolute atomic E-state index is 13.1. The zero-order valence-electron chi connectivity index (χ0n) is 15.6. The molecule has 0 aliphatic heterocycles. The molecule has 0 atom stereocenters. The number of nitrogens with zero attached hydrogens (tertiary/aromatic N) is 2. The summed E-state index contributed by atoms with van der Waals surface area (Å²) in [5.74, 6) is -0.562. The molecule has 3 rings (SSSR count). The van der Waals surface area contributed by atoms with E-state index in [-0.39, 0.29) is 35.4 Å². The van der Waals surface area contributed by atoms with Gasteiger partial charge in [-0.05, 0) is 36.6 Å². The molecule has 0 saturated carbocycles. The Morgan fingerprint density at radius 1 is 1.23 bits per heavy atom. The Bertz CT molecular complexity index is 1060. The summed E-state index contributed by atoms with van der Waals surface area (Å²) >= 11 is 7.46. The van der Waals surface area contributed by atoms with Crippen LogP contribution in [0.4, 0.5) is 19.0 Å². The number of thiophene rings is 1. The van der Waals surface area contributed by atoms with Crippen molar-refractivity contribution in [3.63, 3.8) is 0 Å². The van der Waals surface area contributed by atoms with E-state index in [0.717, 1.165) is 22.9 Å². The predicted molar refractivity (Wildman–Crippen MR) is 108 cm³/mol. The molecule has 2 N–H and O–H groups in total. The average molecular weight is 457 g/mol. The normalized spacial score (nSPS) is 11.4. The Labute approximate surface area is 178 Å². The highest BCUT2D eigenvalue weighted by molar-refractivity contribution is 7.08. The van der Waals surface area contributed by atoms with Crippen LogP contribution in [0.25, 0.3) is 5.69 Å². The second-order valence-electron chi connectivity index (χ2n) is 6.31.